The molecule has 2 aliphatic rings. The van der Waals surface area contributed by atoms with Crippen molar-refractivity contribution in [2.75, 3.05) is 26.2 Å². The highest BCUT2D eigenvalue weighted by Gasteiger charge is 2.45. The van der Waals surface area contributed by atoms with E-state index in [4.69, 9.17) is 5.11 Å². The predicted octanol–water partition coefficient (Wildman–Crippen LogP) is 2.68. The van der Waals surface area contributed by atoms with Crippen molar-refractivity contribution >= 4 is 6.09 Å². The number of halogens is 3. The van der Waals surface area contributed by atoms with Gasteiger partial charge in [0.25, 0.3) is 0 Å². The second-order valence-corrected chi connectivity index (χ2v) is 6.43. The third-order valence-electron chi connectivity index (χ3n) is 4.70. The molecule has 2 aliphatic heterocycles. The first-order valence-electron chi connectivity index (χ1n) is 7.51. The van der Waals surface area contributed by atoms with Crippen LogP contribution in [-0.2, 0) is 12.7 Å². The standard InChI is InChI=1S/C15H18F3N3O2/c16-15(17,18)12-3-1-2-11(19-12)8-20-9-14(10-20)4-6-21(7-5-14)13(22)23/h1-3H,4-10H2,(H,22,23). The second kappa shape index (κ2) is 5.67. The van der Waals surface area contributed by atoms with Gasteiger partial charge in [-0.1, -0.05) is 6.07 Å². The summed E-state index contributed by atoms with van der Waals surface area (Å²) >= 11 is 0. The van der Waals surface area contributed by atoms with Gasteiger partial charge in [-0.05, 0) is 30.4 Å². The summed E-state index contributed by atoms with van der Waals surface area (Å²) in [6.45, 7) is 3.04. The summed E-state index contributed by atoms with van der Waals surface area (Å²) in [4.78, 5) is 18.1. The highest BCUT2D eigenvalue weighted by atomic mass is 19.4. The Hall–Kier alpha value is -1.83. The van der Waals surface area contributed by atoms with Gasteiger partial charge in [0.2, 0.25) is 0 Å². The van der Waals surface area contributed by atoms with Gasteiger partial charge in [-0.15, -0.1) is 0 Å². The predicted molar refractivity (Wildman–Crippen MR) is 75.8 cm³/mol. The van der Waals surface area contributed by atoms with Gasteiger partial charge in [-0.25, -0.2) is 9.78 Å². The molecule has 0 aliphatic carbocycles. The van der Waals surface area contributed by atoms with Crippen LogP contribution >= 0.6 is 0 Å². The fraction of sp³-hybridized carbons (Fsp3) is 0.600. The molecule has 1 aromatic rings. The van der Waals surface area contributed by atoms with Crippen molar-refractivity contribution in [1.82, 2.24) is 14.8 Å². The molecule has 0 radical (unpaired) electrons. The number of hydrogen-bond donors (Lipinski definition) is 1. The number of piperidine rings is 1. The van der Waals surface area contributed by atoms with Crippen LogP contribution < -0.4 is 0 Å². The summed E-state index contributed by atoms with van der Waals surface area (Å²) in [6, 6.07) is 3.96. The van der Waals surface area contributed by atoms with E-state index in [2.05, 4.69) is 9.88 Å². The molecule has 3 rings (SSSR count). The molecule has 0 saturated carbocycles. The third kappa shape index (κ3) is 3.41. The largest absolute Gasteiger partial charge is 0.465 e. The van der Waals surface area contributed by atoms with E-state index in [0.717, 1.165) is 32.0 Å². The molecule has 8 heteroatoms. The molecule has 5 nitrogen and oxygen atoms in total. The Morgan fingerprint density at radius 3 is 2.48 bits per heavy atom. The summed E-state index contributed by atoms with van der Waals surface area (Å²) in [7, 11) is 0. The number of rotatable bonds is 2. The van der Waals surface area contributed by atoms with Crippen molar-refractivity contribution in [1.29, 1.82) is 0 Å². The van der Waals surface area contributed by atoms with Crippen LogP contribution in [-0.4, -0.2) is 52.2 Å². The number of carbonyl (C=O) groups is 1. The van der Waals surface area contributed by atoms with Crippen LogP contribution in [0.1, 0.15) is 24.2 Å². The number of hydrogen-bond acceptors (Lipinski definition) is 3. The van der Waals surface area contributed by atoms with Crippen molar-refractivity contribution < 1.29 is 23.1 Å². The van der Waals surface area contributed by atoms with E-state index in [9.17, 15) is 18.0 Å². The molecule has 2 saturated heterocycles. The molecule has 0 bridgehead atoms. The smallest absolute Gasteiger partial charge is 0.433 e. The minimum atomic E-state index is -4.42. The van der Waals surface area contributed by atoms with Crippen LogP contribution in [0.2, 0.25) is 0 Å². The first-order chi connectivity index (χ1) is 10.8. The van der Waals surface area contributed by atoms with Crippen molar-refractivity contribution in [2.24, 2.45) is 5.41 Å². The molecular weight excluding hydrogens is 311 g/mol. The van der Waals surface area contributed by atoms with Crippen LogP contribution in [0, 0.1) is 5.41 Å². The van der Waals surface area contributed by atoms with Gasteiger partial charge in [0.1, 0.15) is 5.69 Å². The summed E-state index contributed by atoms with van der Waals surface area (Å²) in [5.74, 6) is 0. The Labute approximate surface area is 131 Å². The molecule has 2 fully saturated rings. The highest BCUT2D eigenvalue weighted by molar-refractivity contribution is 5.65. The number of carboxylic acid groups (broad SMARTS) is 1. The zero-order valence-corrected chi connectivity index (χ0v) is 12.5. The van der Waals surface area contributed by atoms with Crippen molar-refractivity contribution in [3.63, 3.8) is 0 Å². The van der Waals surface area contributed by atoms with Crippen molar-refractivity contribution in [2.45, 2.75) is 25.6 Å². The molecule has 0 unspecified atom stereocenters. The zero-order valence-electron chi connectivity index (χ0n) is 12.5. The summed E-state index contributed by atoms with van der Waals surface area (Å²) in [6.07, 6.45) is -3.68. The normalized spacial score (nSPS) is 21.3. The third-order valence-corrected chi connectivity index (χ3v) is 4.70. The van der Waals surface area contributed by atoms with Crippen LogP contribution in [0.25, 0.3) is 0 Å². The van der Waals surface area contributed by atoms with Gasteiger partial charge in [-0.3, -0.25) is 4.90 Å². The van der Waals surface area contributed by atoms with Crippen molar-refractivity contribution in [3.8, 4) is 0 Å². The average molecular weight is 329 g/mol. The lowest BCUT2D eigenvalue weighted by atomic mass is 9.72. The number of pyridine rings is 1. The minimum Gasteiger partial charge on any atom is -0.465 e. The molecule has 1 spiro atoms. The Morgan fingerprint density at radius 2 is 1.91 bits per heavy atom. The number of aromatic nitrogens is 1. The van der Waals surface area contributed by atoms with E-state index in [1.54, 1.807) is 6.07 Å². The molecule has 1 N–H and O–H groups in total. The maximum atomic E-state index is 12.7. The highest BCUT2D eigenvalue weighted by Crippen LogP contribution is 2.41. The van der Waals surface area contributed by atoms with E-state index < -0.39 is 18.0 Å². The Kier molecular flexibility index (Phi) is 3.95. The maximum Gasteiger partial charge on any atom is 0.433 e. The van der Waals surface area contributed by atoms with E-state index in [-0.39, 0.29) is 5.41 Å². The van der Waals surface area contributed by atoms with Crippen molar-refractivity contribution in [3.05, 3.63) is 29.6 Å². The van der Waals surface area contributed by atoms with Gasteiger partial charge in [0.05, 0.1) is 5.69 Å². The lowest BCUT2D eigenvalue weighted by Crippen LogP contribution is -2.60. The summed E-state index contributed by atoms with van der Waals surface area (Å²) in [5.41, 5.74) is -0.328. The average Bonchev–Trinajstić information content (AvgIpc) is 2.45. The number of likely N-dealkylation sites (tertiary alicyclic amines) is 2. The van der Waals surface area contributed by atoms with Crippen LogP contribution in [0.4, 0.5) is 18.0 Å². The Balaban J connectivity index is 1.54. The molecule has 1 amide bonds. The molecule has 23 heavy (non-hydrogen) atoms. The number of amides is 1. The van der Waals surface area contributed by atoms with Gasteiger partial charge >= 0.3 is 12.3 Å². The maximum absolute atomic E-state index is 12.7. The molecule has 1 aromatic heterocycles. The van der Waals surface area contributed by atoms with E-state index in [0.29, 0.717) is 25.3 Å². The molecular formula is C15H18F3N3O2. The molecule has 126 valence electrons. The minimum absolute atomic E-state index is 0.119. The Bertz CT molecular complexity index is 590. The lowest BCUT2D eigenvalue weighted by Gasteiger charge is -2.53. The topological polar surface area (TPSA) is 56.7 Å². The fourth-order valence-electron chi connectivity index (χ4n) is 3.46. The van der Waals surface area contributed by atoms with Crippen LogP contribution in [0.15, 0.2) is 18.2 Å². The zero-order chi connectivity index (χ0) is 16.7. The van der Waals surface area contributed by atoms with E-state index in [1.807, 2.05) is 0 Å². The van der Waals surface area contributed by atoms with Gasteiger partial charge in [0, 0.05) is 32.7 Å². The molecule has 0 aromatic carbocycles. The second-order valence-electron chi connectivity index (χ2n) is 6.43. The molecule has 3 heterocycles. The Morgan fingerprint density at radius 1 is 1.26 bits per heavy atom. The SMILES string of the molecule is O=C(O)N1CCC2(CC1)CN(Cc1cccc(C(F)(F)F)n1)C2. The van der Waals surface area contributed by atoms with E-state index >= 15 is 0 Å². The number of alkyl halides is 3. The molecule has 0 atom stereocenters. The van der Waals surface area contributed by atoms with Crippen LogP contribution in [0.5, 0.6) is 0 Å². The first-order valence-corrected chi connectivity index (χ1v) is 7.51. The summed E-state index contributed by atoms with van der Waals surface area (Å²) < 4.78 is 38.0. The van der Waals surface area contributed by atoms with Crippen LogP contribution in [0.3, 0.4) is 0 Å². The fourth-order valence-corrected chi connectivity index (χ4v) is 3.46. The first kappa shape index (κ1) is 16.0. The van der Waals surface area contributed by atoms with E-state index in [1.165, 1.54) is 11.0 Å². The monoisotopic (exact) mass is 329 g/mol. The van der Waals surface area contributed by atoms with Gasteiger partial charge in [0.15, 0.2) is 0 Å². The van der Waals surface area contributed by atoms with Gasteiger partial charge < -0.3 is 10.0 Å². The number of nitrogens with zero attached hydrogens (tertiary/aromatic N) is 3. The quantitative estimate of drug-likeness (QED) is 0.906. The summed E-state index contributed by atoms with van der Waals surface area (Å²) in [5, 5.41) is 8.95. The lowest BCUT2D eigenvalue weighted by molar-refractivity contribution is -0.141. The van der Waals surface area contributed by atoms with Gasteiger partial charge in [-0.2, -0.15) is 13.2 Å².